The van der Waals surface area contributed by atoms with Crippen LogP contribution in [0.2, 0.25) is 0 Å². The van der Waals surface area contributed by atoms with Gasteiger partial charge in [-0.2, -0.15) is 0 Å². The molecule has 1 unspecified atom stereocenters. The van der Waals surface area contributed by atoms with Gasteiger partial charge in [-0.05, 0) is 23.3 Å². The smallest absolute Gasteiger partial charge is 0.227 e. The molecule has 0 bridgehead atoms. The highest BCUT2D eigenvalue weighted by Gasteiger charge is 2.14. The van der Waals surface area contributed by atoms with Crippen LogP contribution in [-0.4, -0.2) is 39.3 Å². The van der Waals surface area contributed by atoms with Gasteiger partial charge in [0.15, 0.2) is 0 Å². The molecular weight excluding hydrogens is 312 g/mol. The fraction of sp³-hybridized carbons (Fsp3) is 0.389. The lowest BCUT2D eigenvalue weighted by Gasteiger charge is -2.13. The number of nitrogens with one attached hydrogen (secondary N) is 2. The lowest BCUT2D eigenvalue weighted by Crippen LogP contribution is -2.35. The van der Waals surface area contributed by atoms with Crippen LogP contribution in [0.4, 0.5) is 0 Å². The summed E-state index contributed by atoms with van der Waals surface area (Å²) in [5.74, 6) is -0.0904. The number of hydrogen-bond acceptors (Lipinski definition) is 3. The number of amides is 1. The summed E-state index contributed by atoms with van der Waals surface area (Å²) in [6, 6.07) is 14.4. The highest BCUT2D eigenvalue weighted by Crippen LogP contribution is 2.21. The number of carbonyl (C=O) groups excluding carboxylic acids is 1. The van der Waals surface area contributed by atoms with Crippen molar-refractivity contribution < 1.29 is 9.53 Å². The molecule has 0 aromatic heterocycles. The van der Waals surface area contributed by atoms with E-state index < -0.39 is 0 Å². The van der Waals surface area contributed by atoms with E-state index in [0.29, 0.717) is 13.2 Å². The Hall–Kier alpha value is -1.62. The molecule has 0 saturated carbocycles. The highest BCUT2D eigenvalue weighted by molar-refractivity contribution is 5.87. The number of halogens is 1. The zero-order valence-corrected chi connectivity index (χ0v) is 14.5. The summed E-state index contributed by atoms with van der Waals surface area (Å²) in [5.41, 5.74) is 1.04. The van der Waals surface area contributed by atoms with Crippen LogP contribution < -0.4 is 10.6 Å². The van der Waals surface area contributed by atoms with E-state index in [1.165, 1.54) is 10.8 Å². The lowest BCUT2D eigenvalue weighted by atomic mass is 9.97. The van der Waals surface area contributed by atoms with Crippen LogP contribution >= 0.6 is 12.4 Å². The molecule has 1 atom stereocenters. The fourth-order valence-electron chi connectivity index (χ4n) is 2.35. The predicted octanol–water partition coefficient (Wildman–Crippen LogP) is 2.72. The Morgan fingerprint density at radius 1 is 1.09 bits per heavy atom. The summed E-state index contributed by atoms with van der Waals surface area (Å²) in [5, 5.41) is 8.53. The van der Waals surface area contributed by atoms with Gasteiger partial charge < -0.3 is 15.4 Å². The van der Waals surface area contributed by atoms with Crippen LogP contribution in [-0.2, 0) is 9.53 Å². The Balaban J connectivity index is 0.00000264. The number of ether oxygens (including phenoxy) is 1. The molecule has 2 aromatic rings. The summed E-state index contributed by atoms with van der Waals surface area (Å²) in [7, 11) is 1.68. The van der Waals surface area contributed by atoms with E-state index in [2.05, 4.69) is 34.9 Å². The molecule has 0 aliphatic heterocycles. The Labute approximate surface area is 144 Å². The zero-order valence-electron chi connectivity index (χ0n) is 13.7. The van der Waals surface area contributed by atoms with E-state index in [0.717, 1.165) is 18.7 Å². The van der Waals surface area contributed by atoms with Crippen LogP contribution in [0.25, 0.3) is 10.8 Å². The third kappa shape index (κ3) is 5.82. The Bertz CT molecular complexity index is 619. The van der Waals surface area contributed by atoms with Crippen molar-refractivity contribution in [1.82, 2.24) is 10.6 Å². The van der Waals surface area contributed by atoms with E-state index in [1.54, 1.807) is 7.11 Å². The molecule has 0 aliphatic carbocycles. The second-order valence-corrected chi connectivity index (χ2v) is 5.36. The number of benzene rings is 2. The molecule has 0 fully saturated rings. The van der Waals surface area contributed by atoms with Gasteiger partial charge in [0.25, 0.3) is 0 Å². The van der Waals surface area contributed by atoms with Gasteiger partial charge in [-0.15, -0.1) is 12.4 Å². The molecule has 0 radical (unpaired) electrons. The molecule has 2 rings (SSSR count). The number of hydrogen-bond donors (Lipinski definition) is 2. The third-order valence-corrected chi connectivity index (χ3v) is 3.75. The van der Waals surface area contributed by atoms with Gasteiger partial charge in [-0.3, -0.25) is 4.79 Å². The van der Waals surface area contributed by atoms with Crippen LogP contribution in [0, 0.1) is 0 Å². The first-order chi connectivity index (χ1) is 10.7. The van der Waals surface area contributed by atoms with E-state index in [-0.39, 0.29) is 24.2 Å². The standard InChI is InChI=1S/C18H24N2O2.ClH/c1-14(18(21)20-10-9-19-11-12-22-2)16-8-7-15-5-3-4-6-17(15)13-16;/h3-8,13-14,19H,9-12H2,1-2H3,(H,20,21);1H. The molecule has 0 spiro atoms. The van der Waals surface area contributed by atoms with E-state index >= 15 is 0 Å². The maximum atomic E-state index is 12.2. The normalized spacial score (nSPS) is 11.7. The maximum absolute atomic E-state index is 12.2. The second-order valence-electron chi connectivity index (χ2n) is 5.36. The Morgan fingerprint density at radius 2 is 1.83 bits per heavy atom. The molecule has 1 amide bonds. The van der Waals surface area contributed by atoms with Crippen molar-refractivity contribution in [1.29, 1.82) is 0 Å². The summed E-state index contributed by atoms with van der Waals surface area (Å²) in [6.45, 7) is 4.80. The summed E-state index contributed by atoms with van der Waals surface area (Å²) in [6.07, 6.45) is 0. The minimum atomic E-state index is -0.149. The monoisotopic (exact) mass is 336 g/mol. The number of rotatable bonds is 8. The van der Waals surface area contributed by atoms with E-state index in [1.807, 2.05) is 25.1 Å². The number of carbonyl (C=O) groups is 1. The number of fused-ring (bicyclic) bond motifs is 1. The molecule has 0 saturated heterocycles. The van der Waals surface area contributed by atoms with Gasteiger partial charge in [-0.1, -0.05) is 42.5 Å². The van der Waals surface area contributed by atoms with Gasteiger partial charge in [-0.25, -0.2) is 0 Å². The summed E-state index contributed by atoms with van der Waals surface area (Å²) >= 11 is 0. The van der Waals surface area contributed by atoms with Crippen molar-refractivity contribution >= 4 is 29.1 Å². The Kier molecular flexibility index (Phi) is 8.62. The largest absolute Gasteiger partial charge is 0.383 e. The first kappa shape index (κ1) is 19.4. The maximum Gasteiger partial charge on any atom is 0.227 e. The molecule has 4 nitrogen and oxygen atoms in total. The third-order valence-electron chi connectivity index (χ3n) is 3.75. The van der Waals surface area contributed by atoms with E-state index in [4.69, 9.17) is 4.74 Å². The molecule has 0 aliphatic rings. The number of methoxy groups -OCH3 is 1. The van der Waals surface area contributed by atoms with Gasteiger partial charge in [0, 0.05) is 26.7 Å². The average Bonchev–Trinajstić information content (AvgIpc) is 2.56. The van der Waals surface area contributed by atoms with Gasteiger partial charge in [0.2, 0.25) is 5.91 Å². The molecule has 5 heteroatoms. The van der Waals surface area contributed by atoms with Crippen molar-refractivity contribution in [2.24, 2.45) is 0 Å². The molecule has 0 heterocycles. The van der Waals surface area contributed by atoms with Crippen LogP contribution in [0.3, 0.4) is 0 Å². The minimum absolute atomic E-state index is 0. The van der Waals surface area contributed by atoms with Crippen molar-refractivity contribution in [3.05, 3.63) is 48.0 Å². The van der Waals surface area contributed by atoms with Gasteiger partial charge in [0.1, 0.15) is 0 Å². The molecule has 2 N–H and O–H groups in total. The van der Waals surface area contributed by atoms with Crippen LogP contribution in [0.15, 0.2) is 42.5 Å². The average molecular weight is 337 g/mol. The zero-order chi connectivity index (χ0) is 15.8. The summed E-state index contributed by atoms with van der Waals surface area (Å²) < 4.78 is 4.95. The first-order valence-electron chi connectivity index (χ1n) is 7.68. The van der Waals surface area contributed by atoms with Gasteiger partial charge >= 0.3 is 0 Å². The molecular formula is C18H25ClN2O2. The molecule has 2 aromatic carbocycles. The molecule has 126 valence electrons. The highest BCUT2D eigenvalue weighted by atomic mass is 35.5. The van der Waals surface area contributed by atoms with Crippen molar-refractivity contribution in [3.8, 4) is 0 Å². The summed E-state index contributed by atoms with van der Waals surface area (Å²) in [4.78, 5) is 12.2. The van der Waals surface area contributed by atoms with Crippen molar-refractivity contribution in [2.75, 3.05) is 33.4 Å². The Morgan fingerprint density at radius 3 is 2.57 bits per heavy atom. The predicted molar refractivity (Wildman–Crippen MR) is 97.4 cm³/mol. The molecule has 23 heavy (non-hydrogen) atoms. The topological polar surface area (TPSA) is 50.4 Å². The van der Waals surface area contributed by atoms with Crippen molar-refractivity contribution in [2.45, 2.75) is 12.8 Å². The lowest BCUT2D eigenvalue weighted by molar-refractivity contribution is -0.122. The van der Waals surface area contributed by atoms with E-state index in [9.17, 15) is 4.79 Å². The quantitative estimate of drug-likeness (QED) is 0.729. The second kappa shape index (κ2) is 10.2. The van der Waals surface area contributed by atoms with Crippen LogP contribution in [0.1, 0.15) is 18.4 Å². The van der Waals surface area contributed by atoms with Gasteiger partial charge in [0.05, 0.1) is 12.5 Å². The first-order valence-corrected chi connectivity index (χ1v) is 7.68. The van der Waals surface area contributed by atoms with Crippen LogP contribution in [0.5, 0.6) is 0 Å². The SMILES string of the molecule is COCCNCCNC(=O)C(C)c1ccc2ccccc2c1.Cl. The minimum Gasteiger partial charge on any atom is -0.383 e. The van der Waals surface area contributed by atoms with Crippen molar-refractivity contribution in [3.63, 3.8) is 0 Å². The fourth-order valence-corrected chi connectivity index (χ4v) is 2.35.